The number of nitrogen functional groups attached to an aromatic ring is 1. The van der Waals surface area contributed by atoms with Crippen molar-refractivity contribution in [2.24, 2.45) is 7.05 Å². The highest BCUT2D eigenvalue weighted by Crippen LogP contribution is 2.19. The first-order chi connectivity index (χ1) is 9.44. The lowest BCUT2D eigenvalue weighted by atomic mass is 10.1. The van der Waals surface area contributed by atoms with Crippen molar-refractivity contribution in [1.29, 1.82) is 0 Å². The molecule has 7 heteroatoms. The van der Waals surface area contributed by atoms with Crippen molar-refractivity contribution in [2.75, 3.05) is 5.73 Å². The van der Waals surface area contributed by atoms with Gasteiger partial charge in [-0.1, -0.05) is 13.0 Å². The number of rotatable bonds is 5. The average molecular weight is 294 g/mol. The van der Waals surface area contributed by atoms with Crippen LogP contribution < -0.4 is 10.5 Å². The monoisotopic (exact) mass is 294 g/mol. The number of nitrogens with two attached hydrogens (primary N) is 1. The molecule has 0 amide bonds. The minimum absolute atomic E-state index is 0.191. The van der Waals surface area contributed by atoms with Gasteiger partial charge < -0.3 is 5.73 Å². The molecule has 108 valence electrons. The van der Waals surface area contributed by atoms with Crippen LogP contribution in [0.5, 0.6) is 0 Å². The van der Waals surface area contributed by atoms with Gasteiger partial charge in [-0.3, -0.25) is 4.68 Å². The SMILES string of the molecule is CCc1ccc(N)cc1S(=O)(=O)NCc1ccnn1C. The molecule has 0 radical (unpaired) electrons. The van der Waals surface area contributed by atoms with Crippen LogP contribution in [0.15, 0.2) is 35.4 Å². The van der Waals surface area contributed by atoms with Gasteiger partial charge >= 0.3 is 0 Å². The van der Waals surface area contributed by atoms with Crippen molar-refractivity contribution in [1.82, 2.24) is 14.5 Å². The molecule has 2 aromatic rings. The molecule has 2 rings (SSSR count). The zero-order valence-corrected chi connectivity index (χ0v) is 12.3. The third-order valence-corrected chi connectivity index (χ3v) is 4.61. The standard InChI is InChI=1S/C13H18N4O2S/c1-3-10-4-5-11(14)8-13(10)20(18,19)16-9-12-6-7-15-17(12)2/h4-8,16H,3,9,14H2,1-2H3. The molecule has 0 saturated carbocycles. The third kappa shape index (κ3) is 3.00. The van der Waals surface area contributed by atoms with Crippen LogP contribution in [0.25, 0.3) is 0 Å². The molecule has 0 atom stereocenters. The van der Waals surface area contributed by atoms with E-state index in [2.05, 4.69) is 9.82 Å². The van der Waals surface area contributed by atoms with Gasteiger partial charge in [0.1, 0.15) is 0 Å². The molecule has 1 aromatic heterocycles. The van der Waals surface area contributed by atoms with Crippen molar-refractivity contribution in [3.63, 3.8) is 0 Å². The highest BCUT2D eigenvalue weighted by Gasteiger charge is 2.18. The number of anilines is 1. The van der Waals surface area contributed by atoms with Crippen LogP contribution in [0.4, 0.5) is 5.69 Å². The Balaban J connectivity index is 2.26. The Morgan fingerprint density at radius 1 is 1.35 bits per heavy atom. The lowest BCUT2D eigenvalue weighted by molar-refractivity contribution is 0.576. The van der Waals surface area contributed by atoms with Crippen LogP contribution >= 0.6 is 0 Å². The van der Waals surface area contributed by atoms with Crippen molar-refractivity contribution >= 4 is 15.7 Å². The summed E-state index contributed by atoms with van der Waals surface area (Å²) in [6.45, 7) is 2.10. The zero-order chi connectivity index (χ0) is 14.8. The highest BCUT2D eigenvalue weighted by atomic mass is 32.2. The minimum Gasteiger partial charge on any atom is -0.399 e. The number of hydrogen-bond acceptors (Lipinski definition) is 4. The van der Waals surface area contributed by atoms with Crippen LogP contribution in [0.3, 0.4) is 0 Å². The van der Waals surface area contributed by atoms with Gasteiger partial charge in [0.15, 0.2) is 0 Å². The van der Waals surface area contributed by atoms with Crippen molar-refractivity contribution in [3.05, 3.63) is 41.7 Å². The minimum atomic E-state index is -3.59. The predicted octanol–water partition coefficient (Wildman–Crippen LogP) is 1.04. The second-order valence-corrected chi connectivity index (χ2v) is 6.23. The summed E-state index contributed by atoms with van der Waals surface area (Å²) in [7, 11) is -1.82. The number of aromatic nitrogens is 2. The third-order valence-electron chi connectivity index (χ3n) is 3.13. The average Bonchev–Trinajstić information content (AvgIpc) is 2.82. The van der Waals surface area contributed by atoms with Gasteiger partial charge in [0.05, 0.1) is 17.1 Å². The van der Waals surface area contributed by atoms with E-state index in [0.29, 0.717) is 12.1 Å². The van der Waals surface area contributed by atoms with Crippen LogP contribution in [0.1, 0.15) is 18.2 Å². The zero-order valence-electron chi connectivity index (χ0n) is 11.5. The van der Waals surface area contributed by atoms with E-state index in [1.807, 2.05) is 6.92 Å². The highest BCUT2D eigenvalue weighted by molar-refractivity contribution is 7.89. The molecule has 3 N–H and O–H groups in total. The summed E-state index contributed by atoms with van der Waals surface area (Å²) in [5.74, 6) is 0. The molecule has 20 heavy (non-hydrogen) atoms. The van der Waals surface area contributed by atoms with Gasteiger partial charge in [-0.25, -0.2) is 13.1 Å². The number of aryl methyl sites for hydroxylation is 2. The maximum atomic E-state index is 12.4. The molecule has 6 nitrogen and oxygen atoms in total. The van der Waals surface area contributed by atoms with Crippen LogP contribution in [-0.4, -0.2) is 18.2 Å². The van der Waals surface area contributed by atoms with E-state index >= 15 is 0 Å². The lowest BCUT2D eigenvalue weighted by Gasteiger charge is -2.11. The molecule has 0 spiro atoms. The Morgan fingerprint density at radius 3 is 2.70 bits per heavy atom. The fraction of sp³-hybridized carbons (Fsp3) is 0.308. The molecule has 0 bridgehead atoms. The van der Waals surface area contributed by atoms with E-state index in [-0.39, 0.29) is 11.4 Å². The van der Waals surface area contributed by atoms with Crippen molar-refractivity contribution in [3.8, 4) is 0 Å². The largest absolute Gasteiger partial charge is 0.399 e. The van der Waals surface area contributed by atoms with Gasteiger partial charge in [-0.15, -0.1) is 0 Å². The van der Waals surface area contributed by atoms with Crippen LogP contribution in [0, 0.1) is 0 Å². The molecule has 0 unspecified atom stereocenters. The fourth-order valence-corrected chi connectivity index (χ4v) is 3.28. The van der Waals surface area contributed by atoms with E-state index in [4.69, 9.17) is 5.73 Å². The van der Waals surface area contributed by atoms with E-state index in [9.17, 15) is 8.42 Å². The second-order valence-electron chi connectivity index (χ2n) is 4.49. The first-order valence-corrected chi connectivity index (χ1v) is 7.77. The normalized spacial score (nSPS) is 11.7. The lowest BCUT2D eigenvalue weighted by Crippen LogP contribution is -2.25. The molecule has 0 aliphatic heterocycles. The summed E-state index contributed by atoms with van der Waals surface area (Å²) >= 11 is 0. The van der Waals surface area contributed by atoms with E-state index in [1.165, 1.54) is 6.07 Å². The Bertz CT molecular complexity index is 707. The van der Waals surface area contributed by atoms with Crippen LogP contribution in [-0.2, 0) is 30.0 Å². The number of hydrogen-bond donors (Lipinski definition) is 2. The maximum Gasteiger partial charge on any atom is 0.241 e. The van der Waals surface area contributed by atoms with E-state index in [1.54, 1.807) is 36.1 Å². The molecule has 0 aliphatic rings. The molecule has 0 aliphatic carbocycles. The van der Waals surface area contributed by atoms with E-state index in [0.717, 1.165) is 11.3 Å². The summed E-state index contributed by atoms with van der Waals surface area (Å²) < 4.78 is 29.0. The molecule has 0 saturated heterocycles. The smallest absolute Gasteiger partial charge is 0.241 e. The molecule has 1 aromatic carbocycles. The van der Waals surface area contributed by atoms with Gasteiger partial charge in [-0.05, 0) is 30.2 Å². The van der Waals surface area contributed by atoms with Crippen LogP contribution in [0.2, 0.25) is 0 Å². The maximum absolute atomic E-state index is 12.4. The fourth-order valence-electron chi connectivity index (χ4n) is 1.93. The van der Waals surface area contributed by atoms with Crippen molar-refractivity contribution in [2.45, 2.75) is 24.8 Å². The first-order valence-electron chi connectivity index (χ1n) is 6.29. The molecular weight excluding hydrogens is 276 g/mol. The summed E-state index contributed by atoms with van der Waals surface area (Å²) in [5.41, 5.74) is 7.66. The van der Waals surface area contributed by atoms with Crippen molar-refractivity contribution < 1.29 is 8.42 Å². The Kier molecular flexibility index (Phi) is 4.10. The summed E-state index contributed by atoms with van der Waals surface area (Å²) in [4.78, 5) is 0.238. The Morgan fingerprint density at radius 2 is 2.10 bits per heavy atom. The number of nitrogens with one attached hydrogen (secondary N) is 1. The Hall–Kier alpha value is -1.86. The summed E-state index contributed by atoms with van der Waals surface area (Å²) in [5, 5.41) is 4.00. The van der Waals surface area contributed by atoms with Gasteiger partial charge in [0.2, 0.25) is 10.0 Å². The predicted molar refractivity (Wildman–Crippen MR) is 77.5 cm³/mol. The topological polar surface area (TPSA) is 90.0 Å². The quantitative estimate of drug-likeness (QED) is 0.806. The van der Waals surface area contributed by atoms with E-state index < -0.39 is 10.0 Å². The van der Waals surface area contributed by atoms with Gasteiger partial charge in [-0.2, -0.15) is 5.10 Å². The first kappa shape index (κ1) is 14.5. The molecular formula is C13H18N4O2S. The Labute approximate surface area is 118 Å². The summed E-state index contributed by atoms with van der Waals surface area (Å²) in [6.07, 6.45) is 2.25. The number of nitrogens with zero attached hydrogens (tertiary/aromatic N) is 2. The van der Waals surface area contributed by atoms with Gasteiger partial charge in [0.25, 0.3) is 0 Å². The number of sulfonamides is 1. The molecule has 0 fully saturated rings. The van der Waals surface area contributed by atoms with Gasteiger partial charge in [0, 0.05) is 18.9 Å². The number of benzene rings is 1. The molecule has 1 heterocycles. The second kappa shape index (κ2) is 5.64. The summed E-state index contributed by atoms with van der Waals surface area (Å²) in [6, 6.07) is 6.71.